The van der Waals surface area contributed by atoms with E-state index in [1.165, 1.54) is 4.90 Å². The number of hydrogen-bond donors (Lipinski definition) is 1. The van der Waals surface area contributed by atoms with Crippen molar-refractivity contribution in [3.8, 4) is 17.6 Å². The summed E-state index contributed by atoms with van der Waals surface area (Å²) < 4.78 is 5.51. The van der Waals surface area contributed by atoms with Crippen LogP contribution in [0.3, 0.4) is 0 Å². The van der Waals surface area contributed by atoms with Gasteiger partial charge in [0.2, 0.25) is 11.8 Å². The Labute approximate surface area is 117 Å². The zero-order valence-corrected chi connectivity index (χ0v) is 11.1. The predicted octanol–water partition coefficient (Wildman–Crippen LogP) is 0.525. The molecule has 0 atom stereocenters. The van der Waals surface area contributed by atoms with E-state index in [1.807, 2.05) is 12.1 Å². The van der Waals surface area contributed by atoms with E-state index in [0.717, 1.165) is 5.56 Å². The van der Waals surface area contributed by atoms with E-state index in [-0.39, 0.29) is 11.8 Å². The Balaban J connectivity index is 1.82. The minimum Gasteiger partial charge on any atom is -0.492 e. The second-order valence-corrected chi connectivity index (χ2v) is 4.32. The van der Waals surface area contributed by atoms with Crippen LogP contribution < -0.4 is 10.5 Å². The Morgan fingerprint density at radius 3 is 2.40 bits per heavy atom. The monoisotopic (exact) mass is 272 g/mol. The summed E-state index contributed by atoms with van der Waals surface area (Å²) >= 11 is 0. The van der Waals surface area contributed by atoms with Gasteiger partial charge in [-0.2, -0.15) is 0 Å². The summed E-state index contributed by atoms with van der Waals surface area (Å²) in [5.74, 6) is 6.13. The first kappa shape index (κ1) is 14.1. The van der Waals surface area contributed by atoms with Gasteiger partial charge in [0, 0.05) is 18.4 Å². The van der Waals surface area contributed by atoms with Gasteiger partial charge in [-0.3, -0.25) is 14.5 Å². The van der Waals surface area contributed by atoms with E-state index < -0.39 is 0 Å². The molecule has 2 amide bonds. The van der Waals surface area contributed by atoms with E-state index in [4.69, 9.17) is 10.5 Å². The van der Waals surface area contributed by atoms with Gasteiger partial charge in [-0.1, -0.05) is 11.8 Å². The van der Waals surface area contributed by atoms with Gasteiger partial charge in [0.05, 0.1) is 13.1 Å². The standard InChI is InChI=1S/C15H16N2O3/c16-9-1-2-12-3-5-13(6-4-12)20-11-10-17-14(18)7-8-15(17)19/h3-6H,7-11,16H2. The molecule has 1 fully saturated rings. The van der Waals surface area contributed by atoms with Gasteiger partial charge in [-0.15, -0.1) is 0 Å². The molecule has 1 aliphatic heterocycles. The average molecular weight is 272 g/mol. The molecule has 2 rings (SSSR count). The first-order chi connectivity index (χ1) is 9.70. The zero-order chi connectivity index (χ0) is 14.4. The number of nitrogens with two attached hydrogens (primary N) is 1. The largest absolute Gasteiger partial charge is 0.492 e. The predicted molar refractivity (Wildman–Crippen MR) is 73.8 cm³/mol. The Kier molecular flexibility index (Phi) is 4.75. The molecule has 0 radical (unpaired) electrons. The Morgan fingerprint density at radius 1 is 1.15 bits per heavy atom. The van der Waals surface area contributed by atoms with Crippen molar-refractivity contribution in [3.05, 3.63) is 29.8 Å². The van der Waals surface area contributed by atoms with E-state index in [2.05, 4.69) is 11.8 Å². The van der Waals surface area contributed by atoms with Gasteiger partial charge in [0.25, 0.3) is 0 Å². The molecule has 20 heavy (non-hydrogen) atoms. The summed E-state index contributed by atoms with van der Waals surface area (Å²) in [6.07, 6.45) is 0.626. The maximum atomic E-state index is 11.4. The fraction of sp³-hybridized carbons (Fsp3) is 0.333. The minimum absolute atomic E-state index is 0.119. The molecule has 104 valence electrons. The van der Waals surface area contributed by atoms with Crippen LogP contribution in [0.15, 0.2) is 24.3 Å². The molecule has 0 spiro atoms. The lowest BCUT2D eigenvalue weighted by Gasteiger charge is -2.14. The van der Waals surface area contributed by atoms with Crippen LogP contribution in [0.5, 0.6) is 5.75 Å². The number of imide groups is 1. The summed E-state index contributed by atoms with van der Waals surface area (Å²) in [5.41, 5.74) is 6.16. The van der Waals surface area contributed by atoms with Gasteiger partial charge in [-0.25, -0.2) is 0 Å². The number of likely N-dealkylation sites (tertiary alicyclic amines) is 1. The Bertz CT molecular complexity index is 539. The number of amides is 2. The highest BCUT2D eigenvalue weighted by Crippen LogP contribution is 2.13. The smallest absolute Gasteiger partial charge is 0.229 e. The van der Waals surface area contributed by atoms with Crippen LogP contribution in [0.2, 0.25) is 0 Å². The van der Waals surface area contributed by atoms with E-state index in [1.54, 1.807) is 12.1 Å². The number of benzene rings is 1. The first-order valence-electron chi connectivity index (χ1n) is 6.45. The van der Waals surface area contributed by atoms with Crippen molar-refractivity contribution in [2.75, 3.05) is 19.7 Å². The summed E-state index contributed by atoms with van der Waals surface area (Å²) in [4.78, 5) is 24.0. The first-order valence-corrected chi connectivity index (χ1v) is 6.45. The third-order valence-electron chi connectivity index (χ3n) is 2.93. The number of carbonyl (C=O) groups is 2. The fourth-order valence-corrected chi connectivity index (χ4v) is 1.91. The fourth-order valence-electron chi connectivity index (χ4n) is 1.91. The molecule has 1 heterocycles. The molecule has 0 aliphatic carbocycles. The van der Waals surface area contributed by atoms with Crippen molar-refractivity contribution in [1.29, 1.82) is 0 Å². The molecule has 0 unspecified atom stereocenters. The van der Waals surface area contributed by atoms with Crippen molar-refractivity contribution in [1.82, 2.24) is 4.90 Å². The summed E-state index contributed by atoms with van der Waals surface area (Å²) in [6.45, 7) is 0.924. The lowest BCUT2D eigenvalue weighted by molar-refractivity contribution is -0.138. The Hall–Kier alpha value is -2.32. The number of nitrogens with zero attached hydrogens (tertiary/aromatic N) is 1. The highest BCUT2D eigenvalue weighted by Gasteiger charge is 2.28. The highest BCUT2D eigenvalue weighted by molar-refractivity contribution is 6.01. The summed E-state index contributed by atoms with van der Waals surface area (Å²) in [5, 5.41) is 0. The van der Waals surface area contributed by atoms with Crippen LogP contribution in [-0.2, 0) is 9.59 Å². The lowest BCUT2D eigenvalue weighted by Crippen LogP contribution is -2.33. The van der Waals surface area contributed by atoms with Crippen molar-refractivity contribution in [2.45, 2.75) is 12.8 Å². The van der Waals surface area contributed by atoms with E-state index in [9.17, 15) is 9.59 Å². The molecule has 1 aromatic carbocycles. The quantitative estimate of drug-likeness (QED) is 0.641. The van der Waals surface area contributed by atoms with Crippen molar-refractivity contribution in [3.63, 3.8) is 0 Å². The normalized spacial score (nSPS) is 14.2. The van der Waals surface area contributed by atoms with E-state index >= 15 is 0 Å². The van der Waals surface area contributed by atoms with Crippen molar-refractivity contribution >= 4 is 11.8 Å². The third-order valence-corrected chi connectivity index (χ3v) is 2.93. The minimum atomic E-state index is -0.119. The molecular weight excluding hydrogens is 256 g/mol. The van der Waals surface area contributed by atoms with Gasteiger partial charge in [0.15, 0.2) is 0 Å². The summed E-state index contributed by atoms with van der Waals surface area (Å²) in [6, 6.07) is 7.27. The number of carbonyl (C=O) groups excluding carboxylic acids is 2. The van der Waals surface area contributed by atoms with Gasteiger partial charge in [-0.05, 0) is 24.3 Å². The lowest BCUT2D eigenvalue weighted by atomic mass is 10.2. The van der Waals surface area contributed by atoms with Crippen LogP contribution in [0.1, 0.15) is 18.4 Å². The maximum Gasteiger partial charge on any atom is 0.229 e. The zero-order valence-electron chi connectivity index (χ0n) is 11.1. The van der Waals surface area contributed by atoms with Crippen molar-refractivity contribution < 1.29 is 14.3 Å². The number of rotatable bonds is 4. The number of hydrogen-bond acceptors (Lipinski definition) is 4. The molecular formula is C15H16N2O3. The molecule has 5 nitrogen and oxygen atoms in total. The van der Waals surface area contributed by atoms with Crippen LogP contribution in [-0.4, -0.2) is 36.4 Å². The second-order valence-electron chi connectivity index (χ2n) is 4.32. The molecule has 0 bridgehead atoms. The van der Waals surface area contributed by atoms with Crippen LogP contribution in [0.25, 0.3) is 0 Å². The van der Waals surface area contributed by atoms with Crippen LogP contribution >= 0.6 is 0 Å². The molecule has 2 N–H and O–H groups in total. The van der Waals surface area contributed by atoms with Gasteiger partial charge in [0.1, 0.15) is 12.4 Å². The molecule has 5 heteroatoms. The van der Waals surface area contributed by atoms with Gasteiger partial charge < -0.3 is 10.5 Å². The molecule has 1 aliphatic rings. The van der Waals surface area contributed by atoms with Gasteiger partial charge >= 0.3 is 0 Å². The van der Waals surface area contributed by atoms with Crippen molar-refractivity contribution in [2.24, 2.45) is 5.73 Å². The Morgan fingerprint density at radius 2 is 1.80 bits per heavy atom. The molecule has 0 aromatic heterocycles. The van der Waals surface area contributed by atoms with Crippen LogP contribution in [0.4, 0.5) is 0 Å². The third kappa shape index (κ3) is 3.59. The average Bonchev–Trinajstić information content (AvgIpc) is 2.78. The SMILES string of the molecule is NCC#Cc1ccc(OCCN2C(=O)CCC2=O)cc1. The molecule has 0 saturated carbocycles. The molecule has 1 aromatic rings. The van der Waals surface area contributed by atoms with Crippen LogP contribution in [0, 0.1) is 11.8 Å². The molecule has 1 saturated heterocycles. The second kappa shape index (κ2) is 6.73. The van der Waals surface area contributed by atoms with E-state index in [0.29, 0.717) is 38.3 Å². The number of ether oxygens (including phenoxy) is 1. The maximum absolute atomic E-state index is 11.4. The summed E-state index contributed by atoms with van der Waals surface area (Å²) in [7, 11) is 0. The topological polar surface area (TPSA) is 72.6 Å². The highest BCUT2D eigenvalue weighted by atomic mass is 16.5.